The van der Waals surface area contributed by atoms with Crippen molar-refractivity contribution in [2.45, 2.75) is 40.0 Å². The first kappa shape index (κ1) is 13.5. The van der Waals surface area contributed by atoms with E-state index >= 15 is 0 Å². The zero-order chi connectivity index (χ0) is 8.95. The molecule has 0 amide bonds. The number of hydrogen-bond donors (Lipinski definition) is 2. The van der Waals surface area contributed by atoms with Crippen LogP contribution >= 0.6 is 0 Å². The Morgan fingerprint density at radius 1 is 0.909 bits per heavy atom. The first-order chi connectivity index (χ1) is 5.33. The van der Waals surface area contributed by atoms with Crippen LogP contribution in [0.4, 0.5) is 0 Å². The summed E-state index contributed by atoms with van der Waals surface area (Å²) < 4.78 is 0. The molecule has 70 valence electrons. The zero-order valence-corrected chi connectivity index (χ0v) is 8.32. The van der Waals surface area contributed by atoms with Crippen LogP contribution in [-0.2, 0) is 0 Å². The maximum atomic E-state index is 5.03. The molecule has 3 N–H and O–H groups in total. The van der Waals surface area contributed by atoms with Crippen molar-refractivity contribution >= 4 is 0 Å². The summed E-state index contributed by atoms with van der Waals surface area (Å²) in [6.07, 6.45) is 3.60. The topological polar surface area (TPSA) is 38.0 Å². The van der Waals surface area contributed by atoms with Crippen molar-refractivity contribution < 1.29 is 0 Å². The van der Waals surface area contributed by atoms with Crippen LogP contribution in [0.3, 0.4) is 0 Å². The summed E-state index contributed by atoms with van der Waals surface area (Å²) in [7, 11) is 0. The number of nitrogens with one attached hydrogen (secondary N) is 1. The van der Waals surface area contributed by atoms with Gasteiger partial charge < -0.3 is 11.1 Å². The van der Waals surface area contributed by atoms with Crippen molar-refractivity contribution in [3.05, 3.63) is 0 Å². The van der Waals surface area contributed by atoms with Crippen LogP contribution in [0.15, 0.2) is 0 Å². The van der Waals surface area contributed by atoms with Crippen LogP contribution in [-0.4, -0.2) is 19.6 Å². The SMILES string of the molecule is CCCN.CCCNCCC. The van der Waals surface area contributed by atoms with Crippen molar-refractivity contribution in [1.29, 1.82) is 0 Å². The van der Waals surface area contributed by atoms with Crippen LogP contribution in [0.1, 0.15) is 40.0 Å². The average molecular weight is 160 g/mol. The van der Waals surface area contributed by atoms with E-state index in [2.05, 4.69) is 26.1 Å². The number of hydrogen-bond acceptors (Lipinski definition) is 2. The third-order valence-electron chi connectivity index (χ3n) is 1.14. The minimum Gasteiger partial charge on any atom is -0.330 e. The normalized spacial score (nSPS) is 8.73. The lowest BCUT2D eigenvalue weighted by molar-refractivity contribution is 0.662. The van der Waals surface area contributed by atoms with E-state index in [1.54, 1.807) is 0 Å². The molecule has 0 aliphatic rings. The van der Waals surface area contributed by atoms with Gasteiger partial charge in [-0.25, -0.2) is 0 Å². The van der Waals surface area contributed by atoms with Crippen molar-refractivity contribution in [2.75, 3.05) is 19.6 Å². The van der Waals surface area contributed by atoms with Crippen LogP contribution in [0.5, 0.6) is 0 Å². The van der Waals surface area contributed by atoms with Gasteiger partial charge in [-0.3, -0.25) is 0 Å². The summed E-state index contributed by atoms with van der Waals surface area (Å²) in [5.41, 5.74) is 5.03. The molecule has 11 heavy (non-hydrogen) atoms. The van der Waals surface area contributed by atoms with E-state index in [9.17, 15) is 0 Å². The Labute approximate surface area is 71.6 Å². The van der Waals surface area contributed by atoms with E-state index in [1.165, 1.54) is 25.9 Å². The fraction of sp³-hybridized carbons (Fsp3) is 1.00. The predicted octanol–water partition coefficient (Wildman–Crippen LogP) is 1.75. The van der Waals surface area contributed by atoms with Gasteiger partial charge in [0.15, 0.2) is 0 Å². The first-order valence-electron chi connectivity index (χ1n) is 4.74. The molecule has 0 saturated carbocycles. The Kier molecular flexibility index (Phi) is 20.2. The number of rotatable bonds is 5. The summed E-state index contributed by atoms with van der Waals surface area (Å²) in [5.74, 6) is 0. The maximum absolute atomic E-state index is 5.03. The molecule has 0 aliphatic heterocycles. The molecule has 0 saturated heterocycles. The molecular weight excluding hydrogens is 136 g/mol. The third kappa shape index (κ3) is 25.7. The van der Waals surface area contributed by atoms with Gasteiger partial charge in [-0.2, -0.15) is 0 Å². The van der Waals surface area contributed by atoms with Crippen molar-refractivity contribution in [3.8, 4) is 0 Å². The van der Waals surface area contributed by atoms with E-state index in [0.29, 0.717) is 0 Å². The standard InChI is InChI=1S/C6H15N.C3H9N/c1-3-5-7-6-4-2;1-2-3-4/h7H,3-6H2,1-2H3;2-4H2,1H3. The highest BCUT2D eigenvalue weighted by atomic mass is 14.8. The minimum atomic E-state index is 0.819. The van der Waals surface area contributed by atoms with E-state index in [1.807, 2.05) is 0 Å². The second kappa shape index (κ2) is 16.5. The molecule has 0 aromatic heterocycles. The molecule has 0 rings (SSSR count). The Morgan fingerprint density at radius 2 is 1.27 bits per heavy atom. The van der Waals surface area contributed by atoms with E-state index in [-0.39, 0.29) is 0 Å². The van der Waals surface area contributed by atoms with Gasteiger partial charge in [0.2, 0.25) is 0 Å². The molecule has 0 spiro atoms. The van der Waals surface area contributed by atoms with Crippen LogP contribution < -0.4 is 11.1 Å². The van der Waals surface area contributed by atoms with Gasteiger partial charge >= 0.3 is 0 Å². The Morgan fingerprint density at radius 3 is 1.45 bits per heavy atom. The fourth-order valence-electron chi connectivity index (χ4n) is 0.479. The molecule has 2 heteroatoms. The van der Waals surface area contributed by atoms with Crippen molar-refractivity contribution in [2.24, 2.45) is 5.73 Å². The van der Waals surface area contributed by atoms with Crippen LogP contribution in [0.2, 0.25) is 0 Å². The summed E-state index contributed by atoms with van der Waals surface area (Å²) in [6.45, 7) is 9.59. The summed E-state index contributed by atoms with van der Waals surface area (Å²) in [5, 5.41) is 3.28. The van der Waals surface area contributed by atoms with Crippen molar-refractivity contribution in [1.82, 2.24) is 5.32 Å². The summed E-state index contributed by atoms with van der Waals surface area (Å²) in [6, 6.07) is 0. The largest absolute Gasteiger partial charge is 0.330 e. The molecule has 0 aromatic carbocycles. The van der Waals surface area contributed by atoms with E-state index in [0.717, 1.165) is 13.0 Å². The molecule has 0 aromatic rings. The smallest absolute Gasteiger partial charge is 0.00516 e. The molecule has 0 fully saturated rings. The Balaban J connectivity index is 0. The van der Waals surface area contributed by atoms with Gasteiger partial charge in [0, 0.05) is 0 Å². The lowest BCUT2D eigenvalue weighted by Gasteiger charge is -1.95. The Hall–Kier alpha value is -0.0800. The van der Waals surface area contributed by atoms with E-state index in [4.69, 9.17) is 5.73 Å². The molecule has 0 bridgehead atoms. The lowest BCUT2D eigenvalue weighted by atomic mass is 10.4. The third-order valence-corrected chi connectivity index (χ3v) is 1.14. The van der Waals surface area contributed by atoms with Crippen LogP contribution in [0, 0.1) is 0 Å². The molecule has 0 heterocycles. The minimum absolute atomic E-state index is 0.819. The second-order valence-corrected chi connectivity index (χ2v) is 2.54. The van der Waals surface area contributed by atoms with Gasteiger partial charge in [-0.1, -0.05) is 20.8 Å². The average Bonchev–Trinajstić information content (AvgIpc) is 2.06. The summed E-state index contributed by atoms with van der Waals surface area (Å²) >= 11 is 0. The van der Waals surface area contributed by atoms with Gasteiger partial charge in [0.05, 0.1) is 0 Å². The monoisotopic (exact) mass is 160 g/mol. The molecule has 2 nitrogen and oxygen atoms in total. The molecule has 0 aliphatic carbocycles. The first-order valence-corrected chi connectivity index (χ1v) is 4.74. The highest BCUT2D eigenvalue weighted by Gasteiger charge is 1.76. The highest BCUT2D eigenvalue weighted by molar-refractivity contribution is 4.39. The number of nitrogens with two attached hydrogens (primary N) is 1. The zero-order valence-electron chi connectivity index (χ0n) is 8.32. The Bertz CT molecular complexity index is 40.8. The van der Waals surface area contributed by atoms with Gasteiger partial charge in [0.25, 0.3) is 0 Å². The lowest BCUT2D eigenvalue weighted by Crippen LogP contribution is -2.14. The molecular formula is C9H24N2. The maximum Gasteiger partial charge on any atom is -0.00516 e. The van der Waals surface area contributed by atoms with Gasteiger partial charge in [-0.15, -0.1) is 0 Å². The molecule has 0 radical (unpaired) electrons. The van der Waals surface area contributed by atoms with Crippen molar-refractivity contribution in [3.63, 3.8) is 0 Å². The second-order valence-electron chi connectivity index (χ2n) is 2.54. The molecule has 0 atom stereocenters. The van der Waals surface area contributed by atoms with Gasteiger partial charge in [-0.05, 0) is 38.9 Å². The summed E-state index contributed by atoms with van der Waals surface area (Å²) in [4.78, 5) is 0. The highest BCUT2D eigenvalue weighted by Crippen LogP contribution is 1.71. The van der Waals surface area contributed by atoms with Crippen LogP contribution in [0.25, 0.3) is 0 Å². The van der Waals surface area contributed by atoms with Gasteiger partial charge in [0.1, 0.15) is 0 Å². The van der Waals surface area contributed by atoms with E-state index < -0.39 is 0 Å². The fourth-order valence-corrected chi connectivity index (χ4v) is 0.479. The predicted molar refractivity (Wildman–Crippen MR) is 52.8 cm³/mol. The quantitative estimate of drug-likeness (QED) is 0.601. The molecule has 0 unspecified atom stereocenters.